The lowest BCUT2D eigenvalue weighted by Gasteiger charge is -2.35. The summed E-state index contributed by atoms with van der Waals surface area (Å²) in [6.07, 6.45) is 6.21. The Hall–Kier alpha value is -3.51. The van der Waals surface area contributed by atoms with Crippen molar-refractivity contribution in [2.75, 3.05) is 6.54 Å². The average Bonchev–Trinajstić information content (AvgIpc) is 3.59. The van der Waals surface area contributed by atoms with Gasteiger partial charge in [-0.25, -0.2) is 14.8 Å². The molecule has 4 amide bonds. The molecule has 13 heteroatoms. The third-order valence-corrected chi connectivity index (χ3v) is 8.63. The molecule has 1 aliphatic heterocycles. The van der Waals surface area contributed by atoms with E-state index in [9.17, 15) is 19.2 Å². The minimum absolute atomic E-state index is 0.0747. The Morgan fingerprint density at radius 3 is 2.49 bits per heavy atom. The summed E-state index contributed by atoms with van der Waals surface area (Å²) >= 11 is 7.20. The van der Waals surface area contributed by atoms with Gasteiger partial charge in [0, 0.05) is 36.0 Å². The smallest absolute Gasteiger partial charge is 0.319 e. The molecule has 1 unspecified atom stereocenters. The number of aromatic nitrogens is 2. The van der Waals surface area contributed by atoms with E-state index in [1.54, 1.807) is 30.6 Å². The largest absolute Gasteiger partial charge is 0.472 e. The normalized spacial score (nSPS) is 20.0. The topological polar surface area (TPSA) is 143 Å². The molecule has 1 saturated carbocycles. The molecule has 0 radical (unpaired) electrons. The molecule has 0 aromatic carbocycles. The van der Waals surface area contributed by atoms with Crippen LogP contribution in [0.3, 0.4) is 0 Å². The van der Waals surface area contributed by atoms with Crippen LogP contribution in [-0.2, 0) is 9.59 Å². The molecule has 3 N–H and O–H groups in total. The Morgan fingerprint density at radius 1 is 1.19 bits per heavy atom. The number of pyridine rings is 1. The van der Waals surface area contributed by atoms with Crippen molar-refractivity contribution >= 4 is 46.6 Å². The lowest BCUT2D eigenvalue weighted by atomic mass is 9.80. The number of ether oxygens (including phenoxy) is 1. The van der Waals surface area contributed by atoms with Gasteiger partial charge in [-0.1, -0.05) is 58.2 Å². The predicted molar refractivity (Wildman–Crippen MR) is 164 cm³/mol. The first-order chi connectivity index (χ1) is 20.3. The third kappa shape index (κ3) is 8.54. The van der Waals surface area contributed by atoms with E-state index in [2.05, 4.69) is 32.5 Å². The number of nitrogens with zero attached hydrogens (tertiary/aromatic N) is 3. The molecule has 0 bridgehead atoms. The van der Waals surface area contributed by atoms with Crippen molar-refractivity contribution in [2.24, 2.45) is 11.3 Å². The van der Waals surface area contributed by atoms with Crippen LogP contribution in [0.15, 0.2) is 42.2 Å². The number of carbonyl (C=O) groups excluding carboxylic acids is 4. The molecule has 2 aliphatic rings. The maximum atomic E-state index is 14.1. The molecule has 3 heterocycles. The summed E-state index contributed by atoms with van der Waals surface area (Å²) in [4.78, 5) is 63.9. The van der Waals surface area contributed by atoms with Crippen LogP contribution < -0.4 is 20.7 Å². The summed E-state index contributed by atoms with van der Waals surface area (Å²) in [5, 5.41) is 10.8. The predicted octanol–water partition coefficient (Wildman–Crippen LogP) is 4.35. The minimum atomic E-state index is -0.975. The summed E-state index contributed by atoms with van der Waals surface area (Å²) in [7, 11) is 0. The number of ketones is 1. The van der Waals surface area contributed by atoms with Gasteiger partial charge in [-0.3, -0.25) is 14.4 Å². The van der Waals surface area contributed by atoms with E-state index in [0.29, 0.717) is 33.9 Å². The number of carbonyl (C=O) groups is 4. The van der Waals surface area contributed by atoms with Gasteiger partial charge in [0.1, 0.15) is 18.2 Å². The zero-order valence-corrected chi connectivity index (χ0v) is 26.5. The summed E-state index contributed by atoms with van der Waals surface area (Å²) in [6.45, 7) is 10.9. The fourth-order valence-electron chi connectivity index (χ4n) is 5.21. The number of likely N-dealkylation sites (tertiary alicyclic amines) is 1. The summed E-state index contributed by atoms with van der Waals surface area (Å²) in [5.41, 5.74) is -0.281. The van der Waals surface area contributed by atoms with Crippen LogP contribution in [0.1, 0.15) is 69.6 Å². The van der Waals surface area contributed by atoms with Crippen molar-refractivity contribution in [2.45, 2.75) is 84.0 Å². The van der Waals surface area contributed by atoms with Crippen molar-refractivity contribution in [3.63, 3.8) is 0 Å². The minimum Gasteiger partial charge on any atom is -0.472 e. The van der Waals surface area contributed by atoms with Crippen LogP contribution >= 0.6 is 22.9 Å². The highest BCUT2D eigenvalue weighted by atomic mass is 35.5. The third-order valence-electron chi connectivity index (χ3n) is 7.62. The first-order valence-electron chi connectivity index (χ1n) is 14.4. The molecule has 232 valence electrons. The van der Waals surface area contributed by atoms with Crippen molar-refractivity contribution in [3.8, 4) is 5.88 Å². The van der Waals surface area contributed by atoms with Gasteiger partial charge in [0.15, 0.2) is 5.01 Å². The van der Waals surface area contributed by atoms with E-state index in [0.717, 1.165) is 19.3 Å². The number of hydrogen-bond donors (Lipinski definition) is 3. The zero-order valence-electron chi connectivity index (χ0n) is 24.9. The fraction of sp³-hybridized carbons (Fsp3) is 0.533. The monoisotopic (exact) mass is 630 g/mol. The van der Waals surface area contributed by atoms with Crippen molar-refractivity contribution in [3.05, 3.63) is 52.2 Å². The molecule has 1 aliphatic carbocycles. The van der Waals surface area contributed by atoms with Gasteiger partial charge in [-0.2, -0.15) is 0 Å². The second-order valence-corrected chi connectivity index (χ2v) is 13.6. The number of urea groups is 1. The lowest BCUT2D eigenvalue weighted by molar-refractivity contribution is -0.142. The van der Waals surface area contributed by atoms with Crippen LogP contribution in [0.5, 0.6) is 5.88 Å². The second kappa shape index (κ2) is 13.9. The zero-order chi connectivity index (χ0) is 31.3. The van der Waals surface area contributed by atoms with Gasteiger partial charge < -0.3 is 25.6 Å². The SMILES string of the molecule is C=C(C)NC(=O)N[C@H](C(=O)N1C[C@H](Oc2ccc(Cl)cn2)C[C@H]1C(=O)NC(CC1CCC1)C(=O)c1nccs1)C(C)(C)C. The van der Waals surface area contributed by atoms with Gasteiger partial charge in [0.25, 0.3) is 0 Å². The molecule has 1 saturated heterocycles. The Bertz CT molecular complexity index is 1330. The van der Waals surface area contributed by atoms with Gasteiger partial charge in [-0.05, 0) is 30.7 Å². The van der Waals surface area contributed by atoms with E-state index in [-0.39, 0.29) is 18.7 Å². The van der Waals surface area contributed by atoms with Gasteiger partial charge in [0.2, 0.25) is 23.5 Å². The highest BCUT2D eigenvalue weighted by molar-refractivity contribution is 7.11. The van der Waals surface area contributed by atoms with E-state index in [1.165, 1.54) is 22.4 Å². The number of hydrogen-bond acceptors (Lipinski definition) is 8. The van der Waals surface area contributed by atoms with Gasteiger partial charge >= 0.3 is 6.03 Å². The number of rotatable bonds is 11. The second-order valence-electron chi connectivity index (χ2n) is 12.3. The maximum Gasteiger partial charge on any atom is 0.319 e. The van der Waals surface area contributed by atoms with Gasteiger partial charge in [0.05, 0.1) is 17.6 Å². The number of halogens is 1. The lowest BCUT2D eigenvalue weighted by Crippen LogP contribution is -2.59. The summed E-state index contributed by atoms with van der Waals surface area (Å²) in [5.74, 6) is -0.506. The maximum absolute atomic E-state index is 14.1. The van der Waals surface area contributed by atoms with Crippen molar-refractivity contribution in [1.82, 2.24) is 30.8 Å². The molecule has 2 fully saturated rings. The van der Waals surface area contributed by atoms with E-state index in [4.69, 9.17) is 16.3 Å². The average molecular weight is 631 g/mol. The van der Waals surface area contributed by atoms with E-state index >= 15 is 0 Å². The molecule has 4 atom stereocenters. The molecule has 2 aromatic heterocycles. The Labute approximate surface area is 260 Å². The Kier molecular flexibility index (Phi) is 10.4. The molecule has 4 rings (SSSR count). The van der Waals surface area contributed by atoms with Crippen LogP contribution in [0.4, 0.5) is 4.79 Å². The highest BCUT2D eigenvalue weighted by Crippen LogP contribution is 2.32. The molecule has 2 aromatic rings. The van der Waals surface area contributed by atoms with Crippen LogP contribution in [-0.4, -0.2) is 69.3 Å². The van der Waals surface area contributed by atoms with Gasteiger partial charge in [-0.15, -0.1) is 11.3 Å². The summed E-state index contributed by atoms with van der Waals surface area (Å²) < 4.78 is 6.06. The van der Waals surface area contributed by atoms with Crippen molar-refractivity contribution < 1.29 is 23.9 Å². The number of allylic oxidation sites excluding steroid dienone is 1. The molecule has 43 heavy (non-hydrogen) atoms. The molecular formula is C30H39ClN6O5S. The van der Waals surface area contributed by atoms with Crippen LogP contribution in [0, 0.1) is 11.3 Å². The number of nitrogens with one attached hydrogen (secondary N) is 3. The quantitative estimate of drug-likeness (QED) is 0.313. The molecular weight excluding hydrogens is 592 g/mol. The number of thiazole rings is 1. The Morgan fingerprint density at radius 2 is 1.93 bits per heavy atom. The molecule has 0 spiro atoms. The Balaban J connectivity index is 1.59. The fourth-order valence-corrected chi connectivity index (χ4v) is 5.95. The summed E-state index contributed by atoms with van der Waals surface area (Å²) in [6, 6.07) is -0.0116. The molecule has 11 nitrogen and oxygen atoms in total. The van der Waals surface area contributed by atoms with Crippen molar-refractivity contribution in [1.29, 1.82) is 0 Å². The number of amides is 4. The van der Waals surface area contributed by atoms with Crippen LogP contribution in [0.25, 0.3) is 0 Å². The first kappa shape index (κ1) is 32.4. The highest BCUT2D eigenvalue weighted by Gasteiger charge is 2.46. The van der Waals surface area contributed by atoms with E-state index in [1.807, 2.05) is 20.8 Å². The van der Waals surface area contributed by atoms with Crippen LogP contribution in [0.2, 0.25) is 5.02 Å². The standard InChI is InChI=1S/C30H39ClN6O5S/c1-17(2)34-29(41)36-25(30(3,4)5)28(40)37-16-20(42-23-10-9-19(31)15-33-23)14-22(37)26(39)35-21(13-18-7-6-8-18)24(38)27-32-11-12-43-27/h9-12,15,18,20-22,25H,1,6-8,13-14,16H2,2-5H3,(H,35,39)(H2,34,36,41)/t20-,21?,22+,25-/m1/s1. The van der Waals surface area contributed by atoms with E-state index < -0.39 is 47.5 Å². The number of Topliss-reactive ketones (excluding diaryl/α,β-unsaturated/α-hetero) is 1. The first-order valence-corrected chi connectivity index (χ1v) is 15.6.